The lowest BCUT2D eigenvalue weighted by molar-refractivity contribution is 0.0364. The second-order valence-electron chi connectivity index (χ2n) is 13.5. The van der Waals surface area contributed by atoms with E-state index >= 15 is 0 Å². The molecule has 0 spiro atoms. The molecule has 0 bridgehead atoms. The van der Waals surface area contributed by atoms with E-state index < -0.39 is 0 Å². The van der Waals surface area contributed by atoms with Crippen LogP contribution in [0, 0.1) is 13.8 Å². The zero-order chi connectivity index (χ0) is 38.8. The molecule has 57 heavy (non-hydrogen) atoms. The summed E-state index contributed by atoms with van der Waals surface area (Å²) in [5.74, 6) is -0.219. The van der Waals surface area contributed by atoms with Crippen LogP contribution < -0.4 is 0 Å². The summed E-state index contributed by atoms with van der Waals surface area (Å²) in [6.45, 7) is 14.8. The molecule has 0 atom stereocenters. The molecule has 2 saturated heterocycles. The Labute approximate surface area is 367 Å². The Morgan fingerprint density at radius 3 is 1.61 bits per heavy atom. The first-order valence-corrected chi connectivity index (χ1v) is 21.5. The van der Waals surface area contributed by atoms with Gasteiger partial charge in [-0.3, -0.25) is 19.4 Å². The van der Waals surface area contributed by atoms with Crippen molar-refractivity contribution >= 4 is 113 Å². The molecule has 6 heterocycles. The van der Waals surface area contributed by atoms with Gasteiger partial charge in [-0.15, -0.1) is 22.7 Å². The van der Waals surface area contributed by atoms with Crippen molar-refractivity contribution in [1.82, 2.24) is 18.9 Å². The summed E-state index contributed by atoms with van der Waals surface area (Å²) in [4.78, 5) is 34.1. The molecule has 8 rings (SSSR count). The lowest BCUT2D eigenvalue weighted by Gasteiger charge is -2.26. The van der Waals surface area contributed by atoms with Crippen molar-refractivity contribution in [3.05, 3.63) is 112 Å². The van der Waals surface area contributed by atoms with Crippen LogP contribution in [0.2, 0.25) is 25.1 Å². The van der Waals surface area contributed by atoms with Gasteiger partial charge in [0.15, 0.2) is 0 Å². The van der Waals surface area contributed by atoms with E-state index in [4.69, 9.17) is 67.5 Å². The molecular formula is C42H47Cl5N4O4S2. The summed E-state index contributed by atoms with van der Waals surface area (Å²) >= 11 is 34.2. The smallest absolute Gasteiger partial charge is 0.204 e. The number of hydrogen-bond donors (Lipinski definition) is 0. The number of aryl methyl sites for hydroxylation is 1. The number of ether oxygens (including phenoxy) is 2. The summed E-state index contributed by atoms with van der Waals surface area (Å²) in [5, 5.41) is 4.07. The fourth-order valence-corrected chi connectivity index (χ4v) is 10.4. The maximum Gasteiger partial charge on any atom is 0.204 e. The second-order valence-corrected chi connectivity index (χ2v) is 17.5. The number of morpholine rings is 2. The van der Waals surface area contributed by atoms with Crippen molar-refractivity contribution in [1.29, 1.82) is 0 Å². The molecule has 15 heteroatoms. The number of benzene rings is 2. The summed E-state index contributed by atoms with van der Waals surface area (Å²) in [7, 11) is 0. The van der Waals surface area contributed by atoms with E-state index in [1.807, 2.05) is 19.1 Å². The molecule has 306 valence electrons. The van der Waals surface area contributed by atoms with Crippen LogP contribution in [-0.2, 0) is 22.6 Å². The molecule has 0 radical (unpaired) electrons. The molecule has 0 unspecified atom stereocenters. The van der Waals surface area contributed by atoms with Crippen molar-refractivity contribution in [2.75, 3.05) is 65.7 Å². The van der Waals surface area contributed by atoms with Gasteiger partial charge in [0.05, 0.1) is 61.3 Å². The summed E-state index contributed by atoms with van der Waals surface area (Å²) in [6.07, 6.45) is 0. The predicted molar refractivity (Wildman–Crippen MR) is 242 cm³/mol. The van der Waals surface area contributed by atoms with Gasteiger partial charge in [0.2, 0.25) is 11.6 Å². The third-order valence-corrected chi connectivity index (χ3v) is 14.5. The molecule has 0 saturated carbocycles. The number of carbonyl (C=O) groups is 2. The van der Waals surface area contributed by atoms with Crippen molar-refractivity contribution < 1.29 is 19.1 Å². The fraction of sp³-hybridized carbons (Fsp3) is 0.381. The molecule has 2 aliphatic heterocycles. The number of fused-ring (bicyclic) bond motifs is 2. The highest BCUT2D eigenvalue weighted by Crippen LogP contribution is 2.39. The zero-order valence-corrected chi connectivity index (χ0v) is 35.7. The fourth-order valence-electron chi connectivity index (χ4n) is 6.90. The minimum atomic E-state index is -0.137. The van der Waals surface area contributed by atoms with Crippen LogP contribution in [0.25, 0.3) is 20.4 Å². The van der Waals surface area contributed by atoms with Gasteiger partial charge in [0, 0.05) is 85.6 Å². The lowest BCUT2D eigenvalue weighted by Crippen LogP contribution is -2.38. The molecule has 0 N–H and O–H groups in total. The van der Waals surface area contributed by atoms with Crippen LogP contribution in [0.15, 0.2) is 54.6 Å². The van der Waals surface area contributed by atoms with Gasteiger partial charge in [-0.25, -0.2) is 0 Å². The number of rotatable bonds is 10. The van der Waals surface area contributed by atoms with E-state index in [9.17, 15) is 9.59 Å². The number of ketones is 2. The molecule has 0 aliphatic carbocycles. The first kappa shape index (κ1) is 45.6. The standard InChI is InChI=1S/C20H19Cl3N2O2S.C20H20Cl2N2O2S.2CH4/c1-12-17(22)14-11-16(19(26)13-3-2-4-15(21)18(13)23)28-20(14)25(12)6-5-24-7-9-27-10-8-24;1-13-11-14-12-17(19(25)15-3-2-4-16(21)18(15)22)27-20(14)24(13)6-5-23-7-9-26-10-8-23;;/h2-4,11H,5-10H2,1H3;2-4,11-12H,5-10H2,1H3;2*1H4. The Morgan fingerprint density at radius 1 is 0.614 bits per heavy atom. The third-order valence-electron chi connectivity index (χ3n) is 10.0. The van der Waals surface area contributed by atoms with Crippen molar-refractivity contribution in [2.45, 2.75) is 41.8 Å². The molecule has 2 aliphatic rings. The van der Waals surface area contributed by atoms with Gasteiger partial charge in [0.25, 0.3) is 0 Å². The van der Waals surface area contributed by atoms with Crippen LogP contribution in [0.3, 0.4) is 0 Å². The Balaban J connectivity index is 0.000000210. The maximum atomic E-state index is 13.0. The van der Waals surface area contributed by atoms with Gasteiger partial charge in [-0.1, -0.05) is 85.0 Å². The summed E-state index contributed by atoms with van der Waals surface area (Å²) in [6, 6.07) is 16.2. The third kappa shape index (κ3) is 9.96. The number of hydrogen-bond acceptors (Lipinski definition) is 8. The molecule has 6 aromatic rings. The Morgan fingerprint density at radius 2 is 1.09 bits per heavy atom. The van der Waals surface area contributed by atoms with Crippen LogP contribution in [0.4, 0.5) is 0 Å². The van der Waals surface area contributed by atoms with Crippen molar-refractivity contribution in [3.63, 3.8) is 0 Å². The van der Waals surface area contributed by atoms with Crippen LogP contribution >= 0.6 is 80.7 Å². The molecule has 2 fully saturated rings. The average Bonchev–Trinajstić information content (AvgIpc) is 3.94. The monoisotopic (exact) mass is 910 g/mol. The quantitative estimate of drug-likeness (QED) is 0.128. The summed E-state index contributed by atoms with van der Waals surface area (Å²) in [5.41, 5.74) is 3.09. The Bertz CT molecular complexity index is 2350. The lowest BCUT2D eigenvalue weighted by atomic mass is 10.1. The highest BCUT2D eigenvalue weighted by Gasteiger charge is 2.23. The van der Waals surface area contributed by atoms with Gasteiger partial charge >= 0.3 is 0 Å². The van der Waals surface area contributed by atoms with Crippen LogP contribution in [0.1, 0.15) is 56.7 Å². The molecule has 0 amide bonds. The van der Waals surface area contributed by atoms with Gasteiger partial charge < -0.3 is 18.6 Å². The number of aromatic nitrogens is 2. The van der Waals surface area contributed by atoms with Gasteiger partial charge in [-0.2, -0.15) is 0 Å². The van der Waals surface area contributed by atoms with Gasteiger partial charge in [-0.05, 0) is 56.3 Å². The SMILES string of the molecule is C.C.Cc1c(Cl)c2cc(C(=O)c3cccc(Cl)c3Cl)sc2n1CCN1CCOCC1.Cc1cc2cc(C(=O)c3cccc(Cl)c3Cl)sc2n1CCN1CCOCC1. The topological polar surface area (TPSA) is 68.9 Å². The minimum absolute atomic E-state index is 0. The van der Waals surface area contributed by atoms with E-state index in [1.165, 1.54) is 28.4 Å². The highest BCUT2D eigenvalue weighted by molar-refractivity contribution is 7.21. The van der Waals surface area contributed by atoms with Crippen molar-refractivity contribution in [2.24, 2.45) is 0 Å². The van der Waals surface area contributed by atoms with Crippen molar-refractivity contribution in [3.8, 4) is 0 Å². The van der Waals surface area contributed by atoms with E-state index in [-0.39, 0.29) is 31.4 Å². The molecule has 8 nitrogen and oxygen atoms in total. The van der Waals surface area contributed by atoms with E-state index in [0.29, 0.717) is 41.0 Å². The average molecular weight is 913 g/mol. The largest absolute Gasteiger partial charge is 0.379 e. The molecule has 4 aromatic heterocycles. The minimum Gasteiger partial charge on any atom is -0.379 e. The van der Waals surface area contributed by atoms with E-state index in [0.717, 1.165) is 105 Å². The number of nitrogens with zero attached hydrogens (tertiary/aromatic N) is 4. The first-order valence-electron chi connectivity index (χ1n) is 18.0. The van der Waals surface area contributed by atoms with Crippen LogP contribution in [-0.4, -0.2) is 96.2 Å². The number of carbonyl (C=O) groups excluding carboxylic acids is 2. The van der Waals surface area contributed by atoms with Crippen LogP contribution in [0.5, 0.6) is 0 Å². The Kier molecular flexibility index (Phi) is 16.2. The highest BCUT2D eigenvalue weighted by atomic mass is 35.5. The van der Waals surface area contributed by atoms with E-state index in [2.05, 4.69) is 31.9 Å². The maximum absolute atomic E-state index is 13.0. The second kappa shape index (κ2) is 20.2. The number of halogens is 5. The number of thiophene rings is 2. The summed E-state index contributed by atoms with van der Waals surface area (Å²) < 4.78 is 15.3. The van der Waals surface area contributed by atoms with E-state index in [1.54, 1.807) is 36.4 Å². The normalized spacial score (nSPS) is 14.9. The molecular weight excluding hydrogens is 866 g/mol. The Hall–Kier alpha value is -2.45. The molecule has 2 aromatic carbocycles. The zero-order valence-electron chi connectivity index (χ0n) is 30.3. The van der Waals surface area contributed by atoms with Gasteiger partial charge in [0.1, 0.15) is 9.66 Å². The predicted octanol–water partition coefficient (Wildman–Crippen LogP) is 11.7. The first-order chi connectivity index (χ1) is 26.5.